The van der Waals surface area contributed by atoms with E-state index in [0.29, 0.717) is 0 Å². The molecule has 2 aromatic heterocycles. The van der Waals surface area contributed by atoms with Gasteiger partial charge >= 0.3 is 0 Å². The van der Waals surface area contributed by atoms with Gasteiger partial charge in [-0.2, -0.15) is 0 Å². The van der Waals surface area contributed by atoms with Crippen molar-refractivity contribution in [3.05, 3.63) is 120 Å². The van der Waals surface area contributed by atoms with Crippen LogP contribution >= 0.6 is 11.3 Å². The summed E-state index contributed by atoms with van der Waals surface area (Å²) in [4.78, 5) is 11.3. The fourth-order valence-electron chi connectivity index (χ4n) is 5.40. The lowest BCUT2D eigenvalue weighted by atomic mass is 9.99. The molecule has 0 saturated carbocycles. The highest BCUT2D eigenvalue weighted by molar-refractivity contribution is 7.20. The molecule has 0 aliphatic carbocycles. The van der Waals surface area contributed by atoms with Crippen molar-refractivity contribution in [1.82, 2.24) is 9.97 Å². The van der Waals surface area contributed by atoms with Crippen molar-refractivity contribution in [2.45, 2.75) is 6.92 Å². The van der Waals surface area contributed by atoms with Crippen molar-refractivity contribution in [2.24, 2.45) is 0 Å². The van der Waals surface area contributed by atoms with Crippen LogP contribution in [0.3, 0.4) is 0 Å². The molecule has 0 aliphatic heterocycles. The minimum atomic E-state index is 0.878. The monoisotopic (exact) mass is 504 g/mol. The van der Waals surface area contributed by atoms with Crippen LogP contribution in [0.2, 0.25) is 0 Å². The number of hydrogen-bond acceptors (Lipinski definition) is 3. The largest absolute Gasteiger partial charge is 0.252 e. The zero-order valence-corrected chi connectivity index (χ0v) is 21.8. The second-order valence-corrected chi connectivity index (χ2v) is 10.5. The lowest BCUT2D eigenvalue weighted by Gasteiger charge is -2.10. The van der Waals surface area contributed by atoms with E-state index in [1.54, 1.807) is 11.3 Å². The van der Waals surface area contributed by atoms with Gasteiger partial charge in [0.2, 0.25) is 0 Å². The molecule has 3 heteroatoms. The van der Waals surface area contributed by atoms with E-state index in [9.17, 15) is 0 Å². The average Bonchev–Trinajstić information content (AvgIpc) is 3.34. The van der Waals surface area contributed by atoms with Crippen LogP contribution in [0.4, 0.5) is 0 Å². The van der Waals surface area contributed by atoms with E-state index >= 15 is 0 Å². The smallest absolute Gasteiger partial charge is 0.0979 e. The van der Waals surface area contributed by atoms with Gasteiger partial charge in [-0.3, -0.25) is 4.98 Å². The number of allylic oxidation sites excluding steroid dienone is 1. The Morgan fingerprint density at radius 1 is 0.684 bits per heavy atom. The Labute approximate surface area is 225 Å². The van der Waals surface area contributed by atoms with Crippen molar-refractivity contribution in [3.63, 3.8) is 0 Å². The van der Waals surface area contributed by atoms with E-state index < -0.39 is 0 Å². The summed E-state index contributed by atoms with van der Waals surface area (Å²) < 4.78 is 1.28. The number of aromatic nitrogens is 2. The molecule has 0 radical (unpaired) electrons. The third kappa shape index (κ3) is 3.55. The summed E-state index contributed by atoms with van der Waals surface area (Å²) in [6, 6.07) is 32.3. The Bertz CT molecular complexity index is 2010. The predicted octanol–water partition coefficient (Wildman–Crippen LogP) is 10.2. The van der Waals surface area contributed by atoms with Crippen LogP contribution in [-0.2, 0) is 0 Å². The van der Waals surface area contributed by atoms with Crippen molar-refractivity contribution in [3.8, 4) is 22.4 Å². The number of benzene rings is 5. The van der Waals surface area contributed by atoms with Gasteiger partial charge in [0.05, 0.1) is 22.9 Å². The third-order valence-corrected chi connectivity index (χ3v) is 8.40. The Kier molecular flexibility index (Phi) is 5.38. The molecule has 0 saturated heterocycles. The first-order valence-corrected chi connectivity index (χ1v) is 13.6. The summed E-state index contributed by atoms with van der Waals surface area (Å²) in [5, 5.41) is 5.95. The average molecular weight is 505 g/mol. The molecule has 180 valence electrons. The number of hydrogen-bond donors (Lipinski definition) is 0. The maximum absolute atomic E-state index is 5.13. The SMILES string of the molecule is C=Cc1sc2ccc(-c3ccc(-c4cnc5c6ccccc6c6ccccc6c5n4)cc3)cc2c1/C=C\C. The molecule has 0 amide bonds. The summed E-state index contributed by atoms with van der Waals surface area (Å²) in [7, 11) is 0. The Hall–Kier alpha value is -4.60. The van der Waals surface area contributed by atoms with E-state index in [0.717, 1.165) is 33.1 Å². The standard InChI is InChI=1S/C35H24N2S/c1-3-9-27-30-20-24(18-19-33(30)38-32(27)4-2)22-14-16-23(17-15-22)31-21-36-34-28-12-7-5-10-25(28)26-11-6-8-13-29(26)35(34)37-31/h3-21H,2H2,1H3/b9-3-. The Morgan fingerprint density at radius 2 is 1.32 bits per heavy atom. The fraction of sp³-hybridized carbons (Fsp3) is 0.0286. The molecule has 7 aromatic rings. The molecule has 2 heterocycles. The van der Waals surface area contributed by atoms with Crippen molar-refractivity contribution in [1.29, 1.82) is 0 Å². The lowest BCUT2D eigenvalue weighted by Crippen LogP contribution is -1.92. The summed E-state index contributed by atoms with van der Waals surface area (Å²) in [6.45, 7) is 6.06. The van der Waals surface area contributed by atoms with Gasteiger partial charge in [-0.1, -0.05) is 104 Å². The van der Waals surface area contributed by atoms with Crippen LogP contribution in [0, 0.1) is 0 Å². The molecule has 7 rings (SSSR count). The summed E-state index contributed by atoms with van der Waals surface area (Å²) in [5.41, 5.74) is 7.44. The normalized spacial score (nSPS) is 11.8. The molecule has 5 aromatic carbocycles. The number of rotatable bonds is 4. The van der Waals surface area contributed by atoms with Crippen LogP contribution in [0.5, 0.6) is 0 Å². The molecule has 38 heavy (non-hydrogen) atoms. The van der Waals surface area contributed by atoms with Gasteiger partial charge in [0.25, 0.3) is 0 Å². The topological polar surface area (TPSA) is 25.8 Å². The highest BCUT2D eigenvalue weighted by Crippen LogP contribution is 2.37. The first kappa shape index (κ1) is 22.6. The zero-order valence-electron chi connectivity index (χ0n) is 21.0. The molecule has 0 atom stereocenters. The van der Waals surface area contributed by atoms with Crippen LogP contribution < -0.4 is 0 Å². The van der Waals surface area contributed by atoms with E-state index in [4.69, 9.17) is 9.97 Å². The van der Waals surface area contributed by atoms with E-state index in [1.165, 1.54) is 42.4 Å². The van der Waals surface area contributed by atoms with Gasteiger partial charge in [0, 0.05) is 31.3 Å². The summed E-state index contributed by atoms with van der Waals surface area (Å²) in [5.74, 6) is 0. The number of nitrogens with zero attached hydrogens (tertiary/aromatic N) is 2. The van der Waals surface area contributed by atoms with Crippen molar-refractivity contribution in [2.75, 3.05) is 0 Å². The van der Waals surface area contributed by atoms with Crippen molar-refractivity contribution >= 4 is 66.2 Å². The Morgan fingerprint density at radius 3 is 2.00 bits per heavy atom. The van der Waals surface area contributed by atoms with Gasteiger partial charge < -0.3 is 0 Å². The molecular formula is C35H24N2S. The zero-order chi connectivity index (χ0) is 25.6. The molecule has 0 N–H and O–H groups in total. The van der Waals surface area contributed by atoms with Crippen LogP contribution in [0.1, 0.15) is 17.4 Å². The van der Waals surface area contributed by atoms with Gasteiger partial charge in [-0.05, 0) is 46.5 Å². The van der Waals surface area contributed by atoms with Gasteiger partial charge in [0.15, 0.2) is 0 Å². The summed E-state index contributed by atoms with van der Waals surface area (Å²) >= 11 is 1.79. The fourth-order valence-corrected chi connectivity index (χ4v) is 6.42. The second kappa shape index (κ2) is 9.05. The number of fused-ring (bicyclic) bond motifs is 7. The van der Waals surface area contributed by atoms with E-state index in [2.05, 4.69) is 117 Å². The van der Waals surface area contributed by atoms with Gasteiger partial charge in [-0.15, -0.1) is 11.3 Å². The van der Waals surface area contributed by atoms with Crippen molar-refractivity contribution < 1.29 is 0 Å². The first-order valence-electron chi connectivity index (χ1n) is 12.7. The quantitative estimate of drug-likeness (QED) is 0.223. The maximum atomic E-state index is 5.13. The highest BCUT2D eigenvalue weighted by Gasteiger charge is 2.13. The molecular weight excluding hydrogens is 480 g/mol. The third-order valence-electron chi connectivity index (χ3n) is 7.21. The van der Waals surface area contributed by atoms with Crippen LogP contribution in [0.25, 0.3) is 77.2 Å². The summed E-state index contributed by atoms with van der Waals surface area (Å²) in [6.07, 6.45) is 8.11. The van der Waals surface area contributed by atoms with Crippen LogP contribution in [0.15, 0.2) is 110 Å². The predicted molar refractivity (Wildman–Crippen MR) is 166 cm³/mol. The molecule has 0 bridgehead atoms. The molecule has 0 spiro atoms. The maximum Gasteiger partial charge on any atom is 0.0979 e. The number of thiophene rings is 1. The molecule has 2 nitrogen and oxygen atoms in total. The lowest BCUT2D eigenvalue weighted by molar-refractivity contribution is 1.31. The van der Waals surface area contributed by atoms with E-state index in [-0.39, 0.29) is 0 Å². The first-order chi connectivity index (χ1) is 18.7. The Balaban J connectivity index is 1.33. The van der Waals surface area contributed by atoms with E-state index in [1.807, 2.05) is 12.3 Å². The van der Waals surface area contributed by atoms with Gasteiger partial charge in [0.1, 0.15) is 0 Å². The second-order valence-electron chi connectivity index (χ2n) is 9.42. The van der Waals surface area contributed by atoms with Crippen LogP contribution in [-0.4, -0.2) is 9.97 Å². The highest BCUT2D eigenvalue weighted by atomic mass is 32.1. The minimum Gasteiger partial charge on any atom is -0.252 e. The van der Waals surface area contributed by atoms with Gasteiger partial charge in [-0.25, -0.2) is 4.98 Å². The molecule has 0 unspecified atom stereocenters. The molecule has 0 fully saturated rings. The molecule has 0 aliphatic rings. The minimum absolute atomic E-state index is 0.878.